The summed E-state index contributed by atoms with van der Waals surface area (Å²) in [6.07, 6.45) is 7.56. The van der Waals surface area contributed by atoms with Gasteiger partial charge in [-0.15, -0.1) is 0 Å². The highest BCUT2D eigenvalue weighted by atomic mass is 16.5. The molecule has 1 fully saturated rings. The number of nitrogens with one attached hydrogen (secondary N) is 1. The molecule has 2 amide bonds. The van der Waals surface area contributed by atoms with E-state index in [1.54, 1.807) is 11.9 Å². The Morgan fingerprint density at radius 3 is 2.95 bits per heavy atom. The summed E-state index contributed by atoms with van der Waals surface area (Å²) in [6, 6.07) is 3.99. The molecule has 0 aliphatic carbocycles. The number of hydrogen-bond donors (Lipinski definition) is 1. The van der Waals surface area contributed by atoms with E-state index in [1.807, 2.05) is 12.3 Å². The molecule has 1 aliphatic heterocycles. The highest BCUT2D eigenvalue weighted by molar-refractivity contribution is 5.73. The maximum atomic E-state index is 12.1. The van der Waals surface area contributed by atoms with Crippen molar-refractivity contribution in [2.45, 2.75) is 51.7 Å². The first-order chi connectivity index (χ1) is 10.7. The van der Waals surface area contributed by atoms with E-state index in [2.05, 4.69) is 23.3 Å². The average Bonchev–Trinajstić information content (AvgIpc) is 2.56. The summed E-state index contributed by atoms with van der Waals surface area (Å²) in [5.74, 6) is 0. The van der Waals surface area contributed by atoms with E-state index < -0.39 is 0 Å². The molecule has 0 spiro atoms. The van der Waals surface area contributed by atoms with Crippen molar-refractivity contribution in [2.24, 2.45) is 0 Å². The van der Waals surface area contributed by atoms with Gasteiger partial charge < -0.3 is 15.0 Å². The SMILES string of the molecule is CCc1ccc(CN(C)C(=O)NCCC2CCCCO2)nc1. The fraction of sp³-hybridized carbons (Fsp3) is 0.647. The van der Waals surface area contributed by atoms with Crippen LogP contribution in [0.15, 0.2) is 18.3 Å². The molecule has 2 rings (SSSR count). The largest absolute Gasteiger partial charge is 0.378 e. The summed E-state index contributed by atoms with van der Waals surface area (Å²) < 4.78 is 5.66. The minimum Gasteiger partial charge on any atom is -0.378 e. The van der Waals surface area contributed by atoms with Gasteiger partial charge in [0.15, 0.2) is 0 Å². The Hall–Kier alpha value is -1.62. The summed E-state index contributed by atoms with van der Waals surface area (Å²) >= 11 is 0. The van der Waals surface area contributed by atoms with Crippen LogP contribution in [0, 0.1) is 0 Å². The molecular weight excluding hydrogens is 278 g/mol. The predicted octanol–water partition coefficient (Wildman–Crippen LogP) is 2.74. The van der Waals surface area contributed by atoms with Crippen LogP contribution in [0.2, 0.25) is 0 Å². The molecule has 1 saturated heterocycles. The van der Waals surface area contributed by atoms with Crippen molar-refractivity contribution in [1.82, 2.24) is 15.2 Å². The van der Waals surface area contributed by atoms with E-state index in [1.165, 1.54) is 12.0 Å². The highest BCUT2D eigenvalue weighted by Gasteiger charge is 2.15. The fourth-order valence-corrected chi connectivity index (χ4v) is 2.58. The summed E-state index contributed by atoms with van der Waals surface area (Å²) in [4.78, 5) is 18.1. The second kappa shape index (κ2) is 8.73. The fourth-order valence-electron chi connectivity index (χ4n) is 2.58. The molecule has 2 heterocycles. The first-order valence-corrected chi connectivity index (χ1v) is 8.23. The van der Waals surface area contributed by atoms with Crippen LogP contribution in [0.1, 0.15) is 43.9 Å². The lowest BCUT2D eigenvalue weighted by Gasteiger charge is -2.23. The second-order valence-corrected chi connectivity index (χ2v) is 5.88. The minimum atomic E-state index is -0.0582. The number of hydrogen-bond acceptors (Lipinski definition) is 3. The Morgan fingerprint density at radius 2 is 2.32 bits per heavy atom. The third-order valence-electron chi connectivity index (χ3n) is 4.06. The lowest BCUT2D eigenvalue weighted by molar-refractivity contribution is 0.0118. The Bertz CT molecular complexity index is 455. The van der Waals surface area contributed by atoms with Crippen LogP contribution in [-0.4, -0.2) is 42.2 Å². The molecule has 122 valence electrons. The third-order valence-corrected chi connectivity index (χ3v) is 4.06. The zero-order valence-electron chi connectivity index (χ0n) is 13.7. The Morgan fingerprint density at radius 1 is 1.45 bits per heavy atom. The van der Waals surface area contributed by atoms with E-state index >= 15 is 0 Å². The Balaban J connectivity index is 1.69. The Labute approximate surface area is 133 Å². The van der Waals surface area contributed by atoms with Gasteiger partial charge >= 0.3 is 6.03 Å². The van der Waals surface area contributed by atoms with E-state index in [9.17, 15) is 4.79 Å². The molecule has 0 saturated carbocycles. The zero-order chi connectivity index (χ0) is 15.8. The van der Waals surface area contributed by atoms with E-state index in [-0.39, 0.29) is 6.03 Å². The van der Waals surface area contributed by atoms with E-state index in [4.69, 9.17) is 4.74 Å². The number of amides is 2. The summed E-state index contributed by atoms with van der Waals surface area (Å²) in [6.45, 7) is 4.15. The number of carbonyl (C=O) groups is 1. The molecule has 5 heteroatoms. The van der Waals surface area contributed by atoms with Gasteiger partial charge in [-0.1, -0.05) is 13.0 Å². The topological polar surface area (TPSA) is 54.5 Å². The third kappa shape index (κ3) is 5.30. The maximum absolute atomic E-state index is 12.1. The summed E-state index contributed by atoms with van der Waals surface area (Å²) in [7, 11) is 1.79. The normalized spacial score (nSPS) is 18.0. The smallest absolute Gasteiger partial charge is 0.317 e. The molecule has 1 unspecified atom stereocenters. The molecule has 5 nitrogen and oxygen atoms in total. The lowest BCUT2D eigenvalue weighted by Crippen LogP contribution is -2.38. The number of rotatable bonds is 6. The minimum absolute atomic E-state index is 0.0582. The molecular formula is C17H27N3O2. The van der Waals surface area contributed by atoms with Gasteiger partial charge in [-0.05, 0) is 43.7 Å². The van der Waals surface area contributed by atoms with Gasteiger partial charge in [-0.3, -0.25) is 4.98 Å². The van der Waals surface area contributed by atoms with Crippen LogP contribution >= 0.6 is 0 Å². The molecule has 1 N–H and O–H groups in total. The number of urea groups is 1. The monoisotopic (exact) mass is 305 g/mol. The molecule has 1 aromatic heterocycles. The van der Waals surface area contributed by atoms with Crippen molar-refractivity contribution in [3.63, 3.8) is 0 Å². The standard InChI is InChI=1S/C17H27N3O2/c1-3-14-7-8-15(19-12-14)13-20(2)17(21)18-10-9-16-6-4-5-11-22-16/h7-8,12,16H,3-6,9-11,13H2,1-2H3,(H,18,21). The molecule has 1 aliphatic rings. The van der Waals surface area contributed by atoms with Crippen LogP contribution in [0.25, 0.3) is 0 Å². The van der Waals surface area contributed by atoms with E-state index in [0.717, 1.165) is 38.0 Å². The van der Waals surface area contributed by atoms with Crippen molar-refractivity contribution in [3.05, 3.63) is 29.6 Å². The Kier molecular flexibility index (Phi) is 6.65. The van der Waals surface area contributed by atoms with Gasteiger partial charge in [-0.2, -0.15) is 0 Å². The second-order valence-electron chi connectivity index (χ2n) is 5.88. The average molecular weight is 305 g/mol. The molecule has 0 bridgehead atoms. The van der Waals surface area contributed by atoms with Crippen molar-refractivity contribution in [3.8, 4) is 0 Å². The van der Waals surface area contributed by atoms with Crippen LogP contribution in [0.5, 0.6) is 0 Å². The quantitative estimate of drug-likeness (QED) is 0.879. The molecule has 0 aromatic carbocycles. The van der Waals surface area contributed by atoms with Crippen LogP contribution in [0.4, 0.5) is 4.79 Å². The number of aryl methyl sites for hydroxylation is 1. The molecule has 0 radical (unpaired) electrons. The van der Waals surface area contributed by atoms with Gasteiger partial charge in [0, 0.05) is 26.4 Å². The van der Waals surface area contributed by atoms with Crippen molar-refractivity contribution in [2.75, 3.05) is 20.2 Å². The van der Waals surface area contributed by atoms with Crippen molar-refractivity contribution < 1.29 is 9.53 Å². The molecule has 22 heavy (non-hydrogen) atoms. The molecule has 1 aromatic rings. The maximum Gasteiger partial charge on any atom is 0.317 e. The predicted molar refractivity (Wildman–Crippen MR) is 86.7 cm³/mol. The van der Waals surface area contributed by atoms with E-state index in [0.29, 0.717) is 19.2 Å². The van der Waals surface area contributed by atoms with Gasteiger partial charge in [0.1, 0.15) is 0 Å². The molecule has 1 atom stereocenters. The first-order valence-electron chi connectivity index (χ1n) is 8.23. The number of pyridine rings is 1. The first kappa shape index (κ1) is 16.7. The van der Waals surface area contributed by atoms with Crippen LogP contribution in [0.3, 0.4) is 0 Å². The summed E-state index contributed by atoms with van der Waals surface area (Å²) in [5, 5.41) is 2.95. The number of carbonyl (C=O) groups excluding carboxylic acids is 1. The zero-order valence-corrected chi connectivity index (χ0v) is 13.7. The van der Waals surface area contributed by atoms with Crippen molar-refractivity contribution >= 4 is 6.03 Å². The number of nitrogens with zero attached hydrogens (tertiary/aromatic N) is 2. The summed E-state index contributed by atoms with van der Waals surface area (Å²) in [5.41, 5.74) is 2.12. The van der Waals surface area contributed by atoms with Crippen molar-refractivity contribution in [1.29, 1.82) is 0 Å². The van der Waals surface area contributed by atoms with Gasteiger partial charge in [-0.25, -0.2) is 4.79 Å². The van der Waals surface area contributed by atoms with Gasteiger partial charge in [0.2, 0.25) is 0 Å². The van der Waals surface area contributed by atoms with Crippen LogP contribution < -0.4 is 5.32 Å². The number of ether oxygens (including phenoxy) is 1. The highest BCUT2D eigenvalue weighted by Crippen LogP contribution is 2.14. The van der Waals surface area contributed by atoms with Gasteiger partial charge in [0.25, 0.3) is 0 Å². The van der Waals surface area contributed by atoms with Crippen LogP contribution in [-0.2, 0) is 17.7 Å². The lowest BCUT2D eigenvalue weighted by atomic mass is 10.1. The van der Waals surface area contributed by atoms with Gasteiger partial charge in [0.05, 0.1) is 18.3 Å². The number of aromatic nitrogens is 1.